The van der Waals surface area contributed by atoms with E-state index in [1.54, 1.807) is 38.3 Å². The van der Waals surface area contributed by atoms with Crippen LogP contribution in [0.3, 0.4) is 0 Å². The van der Waals surface area contributed by atoms with Crippen LogP contribution in [0.4, 0.5) is 5.69 Å². The topological polar surface area (TPSA) is 96.0 Å². The Kier molecular flexibility index (Phi) is 10.9. The maximum atomic E-state index is 13.7. The predicted octanol–water partition coefficient (Wildman–Crippen LogP) is 4.49. The summed E-state index contributed by atoms with van der Waals surface area (Å²) in [6, 6.07) is 10.5. The molecule has 198 valence electrons. The first-order valence-electron chi connectivity index (χ1n) is 11.6. The van der Waals surface area contributed by atoms with Gasteiger partial charge in [0.1, 0.15) is 18.3 Å². The quantitative estimate of drug-likeness (QED) is 0.414. The van der Waals surface area contributed by atoms with Crippen LogP contribution < -0.4 is 14.4 Å². The molecule has 1 N–H and O–H groups in total. The van der Waals surface area contributed by atoms with Crippen LogP contribution in [-0.2, 0) is 26.2 Å². The molecule has 0 fully saturated rings. The second-order valence-corrected chi connectivity index (χ2v) is 11.3. The molecule has 0 spiro atoms. The smallest absolute Gasteiger partial charge is 0.244 e. The Morgan fingerprint density at radius 2 is 1.61 bits per heavy atom. The number of anilines is 1. The van der Waals surface area contributed by atoms with E-state index < -0.39 is 28.5 Å². The van der Waals surface area contributed by atoms with Crippen LogP contribution in [0, 0.1) is 0 Å². The summed E-state index contributed by atoms with van der Waals surface area (Å²) in [5.74, 6) is -0.192. The largest absolute Gasteiger partial charge is 0.497 e. The molecule has 0 radical (unpaired) electrons. The fourth-order valence-corrected chi connectivity index (χ4v) is 4.93. The maximum Gasteiger partial charge on any atom is 0.244 e. The van der Waals surface area contributed by atoms with Crippen LogP contribution in [0.25, 0.3) is 0 Å². The molecule has 0 aliphatic carbocycles. The highest BCUT2D eigenvalue weighted by atomic mass is 35.5. The normalized spacial score (nSPS) is 13.0. The van der Waals surface area contributed by atoms with Crippen molar-refractivity contribution in [3.8, 4) is 5.75 Å². The van der Waals surface area contributed by atoms with Crippen molar-refractivity contribution in [1.29, 1.82) is 0 Å². The monoisotopic (exact) mass is 557 g/mol. The number of halogens is 2. The van der Waals surface area contributed by atoms with Crippen molar-refractivity contribution in [2.24, 2.45) is 0 Å². The molecule has 2 aromatic carbocycles. The van der Waals surface area contributed by atoms with Crippen molar-refractivity contribution >= 4 is 50.7 Å². The van der Waals surface area contributed by atoms with E-state index >= 15 is 0 Å². The van der Waals surface area contributed by atoms with Gasteiger partial charge in [0.25, 0.3) is 0 Å². The number of hydrogen-bond acceptors (Lipinski definition) is 5. The van der Waals surface area contributed by atoms with E-state index in [4.69, 9.17) is 27.9 Å². The molecule has 2 unspecified atom stereocenters. The number of amides is 2. The van der Waals surface area contributed by atoms with Crippen LogP contribution in [0.2, 0.25) is 10.0 Å². The van der Waals surface area contributed by atoms with Crippen molar-refractivity contribution in [3.63, 3.8) is 0 Å². The summed E-state index contributed by atoms with van der Waals surface area (Å²) in [6.07, 6.45) is 2.06. The Morgan fingerprint density at radius 1 is 1.03 bits per heavy atom. The third kappa shape index (κ3) is 8.28. The summed E-state index contributed by atoms with van der Waals surface area (Å²) >= 11 is 12.2. The van der Waals surface area contributed by atoms with Gasteiger partial charge >= 0.3 is 0 Å². The first-order valence-corrected chi connectivity index (χ1v) is 14.2. The highest BCUT2D eigenvalue weighted by molar-refractivity contribution is 7.92. The van der Waals surface area contributed by atoms with Crippen molar-refractivity contribution in [2.45, 2.75) is 52.2 Å². The summed E-state index contributed by atoms with van der Waals surface area (Å²) in [5.41, 5.74) is 0.917. The lowest BCUT2D eigenvalue weighted by atomic mass is 10.1. The van der Waals surface area contributed by atoms with Crippen LogP contribution >= 0.6 is 23.2 Å². The Hall–Kier alpha value is -2.49. The molecular weight excluding hydrogens is 525 g/mol. The molecule has 36 heavy (non-hydrogen) atoms. The molecule has 0 heterocycles. The molecule has 0 bridgehead atoms. The van der Waals surface area contributed by atoms with Crippen LogP contribution in [0.1, 0.15) is 39.2 Å². The summed E-state index contributed by atoms with van der Waals surface area (Å²) in [5, 5.41) is 3.39. The van der Waals surface area contributed by atoms with E-state index in [2.05, 4.69) is 5.32 Å². The van der Waals surface area contributed by atoms with Gasteiger partial charge in [0.15, 0.2) is 0 Å². The molecule has 0 saturated heterocycles. The van der Waals surface area contributed by atoms with Crippen molar-refractivity contribution in [1.82, 2.24) is 10.2 Å². The van der Waals surface area contributed by atoms with Gasteiger partial charge in [-0.1, -0.05) is 49.2 Å². The lowest BCUT2D eigenvalue weighted by Gasteiger charge is -2.33. The molecule has 0 aliphatic heterocycles. The highest BCUT2D eigenvalue weighted by Gasteiger charge is 2.32. The lowest BCUT2D eigenvalue weighted by Crippen LogP contribution is -2.53. The number of benzene rings is 2. The molecule has 11 heteroatoms. The number of carbonyl (C=O) groups excluding carboxylic acids is 2. The molecule has 2 amide bonds. The minimum Gasteiger partial charge on any atom is -0.497 e. The summed E-state index contributed by atoms with van der Waals surface area (Å²) in [7, 11) is -2.33. The lowest BCUT2D eigenvalue weighted by molar-refractivity contribution is -0.140. The van der Waals surface area contributed by atoms with Gasteiger partial charge in [-0.05, 0) is 55.7 Å². The number of nitrogens with one attached hydrogen (secondary N) is 1. The molecular formula is C25H33Cl2N3O5S. The Balaban J connectivity index is 2.46. The summed E-state index contributed by atoms with van der Waals surface area (Å²) < 4.78 is 31.5. The average molecular weight is 559 g/mol. The zero-order valence-electron chi connectivity index (χ0n) is 21.1. The summed E-state index contributed by atoms with van der Waals surface area (Å²) in [6.45, 7) is 5.21. The second kappa shape index (κ2) is 13.2. The number of rotatable bonds is 12. The van der Waals surface area contributed by atoms with Crippen LogP contribution in [-0.4, -0.2) is 57.1 Å². The molecule has 2 rings (SSSR count). The number of methoxy groups -OCH3 is 1. The second-order valence-electron chi connectivity index (χ2n) is 8.51. The average Bonchev–Trinajstić information content (AvgIpc) is 2.81. The van der Waals surface area contributed by atoms with Gasteiger partial charge in [-0.3, -0.25) is 13.9 Å². The van der Waals surface area contributed by atoms with Gasteiger partial charge in [0.05, 0.1) is 19.1 Å². The fraction of sp³-hybridized carbons (Fsp3) is 0.440. The zero-order chi connectivity index (χ0) is 27.0. The number of ether oxygens (including phenoxy) is 1. The minimum absolute atomic E-state index is 0.0781. The van der Waals surface area contributed by atoms with E-state index in [0.717, 1.165) is 22.5 Å². The van der Waals surface area contributed by atoms with Gasteiger partial charge in [0, 0.05) is 22.6 Å². The van der Waals surface area contributed by atoms with Crippen molar-refractivity contribution < 1.29 is 22.7 Å². The van der Waals surface area contributed by atoms with Gasteiger partial charge in [-0.15, -0.1) is 0 Å². The van der Waals surface area contributed by atoms with Crippen molar-refractivity contribution in [3.05, 3.63) is 58.1 Å². The van der Waals surface area contributed by atoms with Gasteiger partial charge in [-0.2, -0.15) is 0 Å². The highest BCUT2D eigenvalue weighted by Crippen LogP contribution is 2.27. The van der Waals surface area contributed by atoms with Crippen molar-refractivity contribution in [2.75, 3.05) is 24.2 Å². The van der Waals surface area contributed by atoms with Gasteiger partial charge in [-0.25, -0.2) is 8.42 Å². The van der Waals surface area contributed by atoms with E-state index in [-0.39, 0.29) is 34.2 Å². The number of nitrogens with zero attached hydrogens (tertiary/aromatic N) is 2. The minimum atomic E-state index is -3.89. The van der Waals surface area contributed by atoms with Gasteiger partial charge < -0.3 is 15.0 Å². The SMILES string of the molecule is CCC(C)NC(=O)C(CC)N(Cc1ccc(OC)cc1)C(=O)CN(c1cc(Cl)cc(Cl)c1)S(C)(=O)=O. The Morgan fingerprint density at radius 3 is 2.08 bits per heavy atom. The molecule has 0 aromatic heterocycles. The number of hydrogen-bond donors (Lipinski definition) is 1. The number of carbonyl (C=O) groups is 2. The molecule has 0 saturated carbocycles. The van der Waals surface area contributed by atoms with E-state index in [1.165, 1.54) is 23.1 Å². The number of sulfonamides is 1. The van der Waals surface area contributed by atoms with E-state index in [9.17, 15) is 18.0 Å². The predicted molar refractivity (Wildman–Crippen MR) is 144 cm³/mol. The van der Waals surface area contributed by atoms with Crippen LogP contribution in [0.5, 0.6) is 5.75 Å². The molecule has 0 aliphatic rings. The summed E-state index contributed by atoms with van der Waals surface area (Å²) in [4.78, 5) is 28.2. The van der Waals surface area contributed by atoms with E-state index in [0.29, 0.717) is 12.2 Å². The first-order chi connectivity index (χ1) is 16.9. The third-order valence-corrected chi connectivity index (χ3v) is 7.29. The molecule has 2 atom stereocenters. The standard InChI is InChI=1S/C25H33Cl2N3O5S/c1-6-17(3)28-25(32)23(7-2)29(15-18-8-10-22(35-4)11-9-18)24(31)16-30(36(5,33)34)21-13-19(26)12-20(27)14-21/h8-14,17,23H,6-7,15-16H2,1-5H3,(H,28,32). The molecule has 8 nitrogen and oxygen atoms in total. The third-order valence-electron chi connectivity index (χ3n) is 5.71. The van der Waals surface area contributed by atoms with E-state index in [1.807, 2.05) is 13.8 Å². The Labute approximate surface area is 223 Å². The first kappa shape index (κ1) is 29.7. The zero-order valence-corrected chi connectivity index (χ0v) is 23.5. The van der Waals surface area contributed by atoms with Crippen LogP contribution in [0.15, 0.2) is 42.5 Å². The molecule has 2 aromatic rings. The Bertz CT molecular complexity index is 1140. The fourth-order valence-electron chi connectivity index (χ4n) is 3.59. The van der Waals surface area contributed by atoms with Gasteiger partial charge in [0.2, 0.25) is 21.8 Å². The maximum absolute atomic E-state index is 13.7.